The highest BCUT2D eigenvalue weighted by Gasteiger charge is 2.14. The van der Waals surface area contributed by atoms with Crippen LogP contribution >= 0.6 is 0 Å². The van der Waals surface area contributed by atoms with Crippen molar-refractivity contribution < 1.29 is 24.6 Å². The van der Waals surface area contributed by atoms with E-state index in [1.807, 2.05) is 0 Å². The largest absolute Gasteiger partial charge is 0.478 e. The minimum absolute atomic E-state index is 0.148. The SMILES string of the molecule is NC(=O)Cc1ccc(C(=O)O)cc1C(=O)O. The van der Waals surface area contributed by atoms with Crippen LogP contribution in [-0.4, -0.2) is 28.1 Å². The molecule has 0 aliphatic carbocycles. The molecule has 1 amide bonds. The van der Waals surface area contributed by atoms with E-state index in [-0.39, 0.29) is 23.1 Å². The van der Waals surface area contributed by atoms with Gasteiger partial charge in [-0.25, -0.2) is 9.59 Å². The molecule has 0 aliphatic heterocycles. The summed E-state index contributed by atoms with van der Waals surface area (Å²) in [4.78, 5) is 32.1. The van der Waals surface area contributed by atoms with Crippen molar-refractivity contribution in [1.82, 2.24) is 0 Å². The first-order chi connectivity index (χ1) is 7.41. The lowest BCUT2D eigenvalue weighted by Gasteiger charge is -2.04. The molecule has 0 atom stereocenters. The molecule has 0 saturated carbocycles. The normalized spacial score (nSPS) is 9.75. The highest BCUT2D eigenvalue weighted by atomic mass is 16.4. The Morgan fingerprint density at radius 1 is 1.12 bits per heavy atom. The zero-order chi connectivity index (χ0) is 12.3. The van der Waals surface area contributed by atoms with Gasteiger partial charge in [0.05, 0.1) is 17.5 Å². The lowest BCUT2D eigenvalue weighted by atomic mass is 10.0. The number of nitrogens with two attached hydrogens (primary N) is 1. The van der Waals surface area contributed by atoms with Crippen LogP contribution in [0.4, 0.5) is 0 Å². The van der Waals surface area contributed by atoms with Crippen LogP contribution in [0.1, 0.15) is 26.3 Å². The molecular formula is C10H9NO5. The average Bonchev–Trinajstić information content (AvgIpc) is 2.16. The standard InChI is InChI=1S/C10H9NO5/c11-8(12)4-5-1-2-6(9(13)14)3-7(5)10(15)16/h1-3H,4H2,(H2,11,12)(H,13,14)(H,15,16). The quantitative estimate of drug-likeness (QED) is 0.669. The summed E-state index contributed by atoms with van der Waals surface area (Å²) >= 11 is 0. The molecule has 1 rings (SSSR count). The molecule has 0 unspecified atom stereocenters. The summed E-state index contributed by atoms with van der Waals surface area (Å²) in [7, 11) is 0. The molecule has 0 bridgehead atoms. The van der Waals surface area contributed by atoms with E-state index in [0.717, 1.165) is 6.07 Å². The minimum atomic E-state index is -1.29. The van der Waals surface area contributed by atoms with Gasteiger partial charge in [-0.15, -0.1) is 0 Å². The van der Waals surface area contributed by atoms with Gasteiger partial charge in [0.1, 0.15) is 0 Å². The van der Waals surface area contributed by atoms with Gasteiger partial charge in [0, 0.05) is 0 Å². The van der Waals surface area contributed by atoms with E-state index in [2.05, 4.69) is 0 Å². The molecular weight excluding hydrogens is 214 g/mol. The molecule has 84 valence electrons. The fraction of sp³-hybridized carbons (Fsp3) is 0.100. The summed E-state index contributed by atoms with van der Waals surface area (Å²) in [5, 5.41) is 17.5. The Morgan fingerprint density at radius 2 is 1.75 bits per heavy atom. The van der Waals surface area contributed by atoms with Crippen molar-refractivity contribution in [2.45, 2.75) is 6.42 Å². The van der Waals surface area contributed by atoms with Gasteiger partial charge in [-0.1, -0.05) is 6.07 Å². The van der Waals surface area contributed by atoms with E-state index in [1.165, 1.54) is 12.1 Å². The molecule has 1 aromatic rings. The second kappa shape index (κ2) is 4.43. The molecule has 0 heterocycles. The first-order valence-corrected chi connectivity index (χ1v) is 4.29. The summed E-state index contributed by atoms with van der Waals surface area (Å²) in [6, 6.07) is 3.51. The zero-order valence-corrected chi connectivity index (χ0v) is 8.14. The van der Waals surface area contributed by atoms with Gasteiger partial charge < -0.3 is 15.9 Å². The van der Waals surface area contributed by atoms with E-state index in [0.29, 0.717) is 0 Å². The molecule has 0 radical (unpaired) electrons. The Kier molecular flexibility index (Phi) is 3.24. The number of amides is 1. The van der Waals surface area contributed by atoms with Crippen LogP contribution in [0.5, 0.6) is 0 Å². The van der Waals surface area contributed by atoms with Crippen LogP contribution in [0.15, 0.2) is 18.2 Å². The first kappa shape index (κ1) is 11.7. The Hall–Kier alpha value is -2.37. The molecule has 16 heavy (non-hydrogen) atoms. The molecule has 0 aliphatic rings. The van der Waals surface area contributed by atoms with Crippen molar-refractivity contribution in [3.63, 3.8) is 0 Å². The number of carboxylic acid groups (broad SMARTS) is 2. The number of hydrogen-bond acceptors (Lipinski definition) is 3. The fourth-order valence-corrected chi connectivity index (χ4v) is 1.25. The van der Waals surface area contributed by atoms with Crippen molar-refractivity contribution in [2.75, 3.05) is 0 Å². The van der Waals surface area contributed by atoms with E-state index < -0.39 is 17.8 Å². The van der Waals surface area contributed by atoms with Crippen molar-refractivity contribution in [3.05, 3.63) is 34.9 Å². The number of hydrogen-bond donors (Lipinski definition) is 3. The van der Waals surface area contributed by atoms with Gasteiger partial charge in [-0.2, -0.15) is 0 Å². The predicted molar refractivity (Wildman–Crippen MR) is 53.3 cm³/mol. The van der Waals surface area contributed by atoms with Gasteiger partial charge in [0.15, 0.2) is 0 Å². The van der Waals surface area contributed by atoms with Gasteiger partial charge in [0.25, 0.3) is 0 Å². The maximum absolute atomic E-state index is 10.8. The summed E-state index contributed by atoms with van der Waals surface area (Å²) in [5.74, 6) is -3.20. The zero-order valence-electron chi connectivity index (χ0n) is 8.14. The third-order valence-electron chi connectivity index (χ3n) is 1.95. The molecule has 4 N–H and O–H groups in total. The van der Waals surface area contributed by atoms with Crippen LogP contribution in [0, 0.1) is 0 Å². The van der Waals surface area contributed by atoms with E-state index in [1.54, 1.807) is 0 Å². The van der Waals surface area contributed by atoms with E-state index in [9.17, 15) is 14.4 Å². The Balaban J connectivity index is 3.24. The third-order valence-corrected chi connectivity index (χ3v) is 1.95. The second-order valence-electron chi connectivity index (χ2n) is 3.13. The highest BCUT2D eigenvalue weighted by molar-refractivity contribution is 5.96. The average molecular weight is 223 g/mol. The molecule has 0 saturated heterocycles. The maximum Gasteiger partial charge on any atom is 0.336 e. The number of carboxylic acids is 2. The van der Waals surface area contributed by atoms with Gasteiger partial charge in [0.2, 0.25) is 5.91 Å². The number of carbonyl (C=O) groups excluding carboxylic acids is 1. The molecule has 0 spiro atoms. The van der Waals surface area contributed by atoms with Crippen LogP contribution in [0.25, 0.3) is 0 Å². The molecule has 0 aromatic heterocycles. The van der Waals surface area contributed by atoms with E-state index in [4.69, 9.17) is 15.9 Å². The third kappa shape index (κ3) is 2.57. The summed E-state index contributed by atoms with van der Waals surface area (Å²) in [6.45, 7) is 0. The minimum Gasteiger partial charge on any atom is -0.478 e. The smallest absolute Gasteiger partial charge is 0.336 e. The summed E-state index contributed by atoms with van der Waals surface area (Å²) in [5.41, 5.74) is 4.77. The number of benzene rings is 1. The van der Waals surface area contributed by atoms with Crippen molar-refractivity contribution in [1.29, 1.82) is 0 Å². The number of aromatic carboxylic acids is 2. The molecule has 0 fully saturated rings. The van der Waals surface area contributed by atoms with Gasteiger partial charge in [-0.3, -0.25) is 4.79 Å². The topological polar surface area (TPSA) is 118 Å². The number of primary amides is 1. The van der Waals surface area contributed by atoms with Gasteiger partial charge >= 0.3 is 11.9 Å². The highest BCUT2D eigenvalue weighted by Crippen LogP contribution is 2.13. The molecule has 6 nitrogen and oxygen atoms in total. The lowest BCUT2D eigenvalue weighted by Crippen LogP contribution is -2.16. The first-order valence-electron chi connectivity index (χ1n) is 4.29. The summed E-state index contributed by atoms with van der Waals surface area (Å²) < 4.78 is 0. The second-order valence-corrected chi connectivity index (χ2v) is 3.13. The van der Waals surface area contributed by atoms with Crippen LogP contribution < -0.4 is 5.73 Å². The van der Waals surface area contributed by atoms with E-state index >= 15 is 0 Å². The molecule has 1 aromatic carbocycles. The van der Waals surface area contributed by atoms with Crippen LogP contribution in [-0.2, 0) is 11.2 Å². The molecule has 6 heteroatoms. The predicted octanol–water partition coefficient (Wildman–Crippen LogP) is 0.111. The monoisotopic (exact) mass is 223 g/mol. The number of carbonyl (C=O) groups is 3. The lowest BCUT2D eigenvalue weighted by molar-refractivity contribution is -0.117. The van der Waals surface area contributed by atoms with Crippen molar-refractivity contribution in [2.24, 2.45) is 5.73 Å². The van der Waals surface area contributed by atoms with Crippen molar-refractivity contribution in [3.8, 4) is 0 Å². The maximum atomic E-state index is 10.8. The van der Waals surface area contributed by atoms with Crippen LogP contribution in [0.3, 0.4) is 0 Å². The Morgan fingerprint density at radius 3 is 2.19 bits per heavy atom. The summed E-state index contributed by atoms with van der Waals surface area (Å²) in [6.07, 6.45) is -0.235. The fourth-order valence-electron chi connectivity index (χ4n) is 1.25. The van der Waals surface area contributed by atoms with Crippen LogP contribution in [0.2, 0.25) is 0 Å². The Labute approximate surface area is 90.3 Å². The van der Waals surface area contributed by atoms with Gasteiger partial charge in [-0.05, 0) is 17.7 Å². The Bertz CT molecular complexity index is 466. The van der Waals surface area contributed by atoms with Crippen molar-refractivity contribution >= 4 is 17.8 Å². The number of rotatable bonds is 4.